The maximum atomic E-state index is 11.6. The molecule has 0 radical (unpaired) electrons. The van der Waals surface area contributed by atoms with Crippen molar-refractivity contribution in [3.63, 3.8) is 0 Å². The van der Waals surface area contributed by atoms with Gasteiger partial charge in [-0.3, -0.25) is 16.1 Å². The molecule has 1 unspecified atom stereocenters. The quantitative estimate of drug-likeness (QED) is 0.603. The lowest BCUT2D eigenvalue weighted by Crippen LogP contribution is -2.50. The van der Waals surface area contributed by atoms with E-state index in [0.717, 1.165) is 0 Å². The first kappa shape index (κ1) is 15.4. The molecule has 0 bridgehead atoms. The summed E-state index contributed by atoms with van der Waals surface area (Å²) in [5, 5.41) is 0. The first-order valence-corrected chi connectivity index (χ1v) is 8.61. The Kier molecular flexibility index (Phi) is 3.55. The molecule has 1 atom stereocenters. The van der Waals surface area contributed by atoms with Crippen molar-refractivity contribution in [2.24, 2.45) is 16.5 Å². The summed E-state index contributed by atoms with van der Waals surface area (Å²) >= 11 is 0. The van der Waals surface area contributed by atoms with Crippen molar-refractivity contribution in [1.29, 1.82) is 0 Å². The molecular formula is C14H16N6O2S. The van der Waals surface area contributed by atoms with Crippen LogP contribution in [0.5, 0.6) is 0 Å². The topological polar surface area (TPSA) is 135 Å². The number of hydrogen-bond acceptors (Lipinski definition) is 8. The van der Waals surface area contributed by atoms with Crippen LogP contribution in [0.1, 0.15) is 5.56 Å². The van der Waals surface area contributed by atoms with E-state index in [1.165, 1.54) is 6.26 Å². The molecule has 1 aliphatic heterocycles. The zero-order chi connectivity index (χ0) is 16.7. The summed E-state index contributed by atoms with van der Waals surface area (Å²) in [5.74, 6) is -0.984. The van der Waals surface area contributed by atoms with Crippen LogP contribution in [0.4, 0.5) is 0 Å². The molecule has 8 nitrogen and oxygen atoms in total. The lowest BCUT2D eigenvalue weighted by Gasteiger charge is -2.20. The zero-order valence-corrected chi connectivity index (χ0v) is 13.1. The maximum absolute atomic E-state index is 11.6. The van der Waals surface area contributed by atoms with Crippen molar-refractivity contribution < 1.29 is 8.42 Å². The molecule has 1 aliphatic rings. The Bertz CT molecular complexity index is 878. The fraction of sp³-hybridized carbons (Fsp3) is 0.143. The molecule has 0 amide bonds. The molecule has 1 aromatic carbocycles. The van der Waals surface area contributed by atoms with Crippen LogP contribution in [0.25, 0.3) is 11.3 Å². The number of nitrogens with one attached hydrogen (secondary N) is 2. The van der Waals surface area contributed by atoms with E-state index in [0.29, 0.717) is 16.8 Å². The second-order valence-corrected chi connectivity index (χ2v) is 7.26. The van der Waals surface area contributed by atoms with Crippen LogP contribution < -0.4 is 22.3 Å². The predicted molar refractivity (Wildman–Crippen MR) is 86.5 cm³/mol. The summed E-state index contributed by atoms with van der Waals surface area (Å²) in [6, 6.07) is 10.1. The fourth-order valence-corrected chi connectivity index (χ4v) is 2.88. The first-order chi connectivity index (χ1) is 10.8. The fourth-order valence-electron chi connectivity index (χ4n) is 2.22. The second kappa shape index (κ2) is 5.30. The molecule has 3 rings (SSSR count). The predicted octanol–water partition coefficient (Wildman–Crippen LogP) is -0.356. The Morgan fingerprint density at radius 2 is 2.00 bits per heavy atom. The van der Waals surface area contributed by atoms with Gasteiger partial charge in [0.2, 0.25) is 11.7 Å². The number of aromatic nitrogens is 1. The van der Waals surface area contributed by atoms with E-state index in [9.17, 15) is 8.42 Å². The molecule has 0 saturated heterocycles. The maximum Gasteiger partial charge on any atom is 0.210 e. The third kappa shape index (κ3) is 3.02. The first-order valence-electron chi connectivity index (χ1n) is 6.72. The van der Waals surface area contributed by atoms with Crippen LogP contribution in [0.15, 0.2) is 52.5 Å². The molecular weight excluding hydrogens is 316 g/mol. The zero-order valence-electron chi connectivity index (χ0n) is 12.3. The number of sulfone groups is 1. The molecule has 2 aromatic rings. The normalized spacial score (nSPS) is 20.9. The third-order valence-corrected chi connectivity index (χ3v) is 4.55. The van der Waals surface area contributed by atoms with Gasteiger partial charge in [0.15, 0.2) is 9.84 Å². The summed E-state index contributed by atoms with van der Waals surface area (Å²) in [6.45, 7) is 0. The summed E-state index contributed by atoms with van der Waals surface area (Å²) < 4.78 is 23.3. The van der Waals surface area contributed by atoms with E-state index in [2.05, 4.69) is 20.8 Å². The summed E-state index contributed by atoms with van der Waals surface area (Å²) in [4.78, 5) is 8.65. The number of hydrazine groups is 1. The highest BCUT2D eigenvalue weighted by molar-refractivity contribution is 7.90. The van der Waals surface area contributed by atoms with Gasteiger partial charge in [-0.15, -0.1) is 0 Å². The molecule has 0 fully saturated rings. The molecule has 23 heavy (non-hydrogen) atoms. The van der Waals surface area contributed by atoms with Crippen LogP contribution in [-0.2, 0) is 15.6 Å². The number of guanidine groups is 1. The molecule has 6 N–H and O–H groups in total. The van der Waals surface area contributed by atoms with Gasteiger partial charge in [-0.2, -0.15) is 5.43 Å². The number of rotatable bonds is 3. The van der Waals surface area contributed by atoms with E-state index in [4.69, 9.17) is 11.5 Å². The van der Waals surface area contributed by atoms with Gasteiger partial charge in [-0.1, -0.05) is 18.2 Å². The van der Waals surface area contributed by atoms with Crippen LogP contribution in [-0.4, -0.2) is 25.6 Å². The van der Waals surface area contributed by atoms with Crippen LogP contribution in [0.2, 0.25) is 0 Å². The lowest BCUT2D eigenvalue weighted by molar-refractivity contribution is 0.374. The Morgan fingerprint density at radius 1 is 1.22 bits per heavy atom. The van der Waals surface area contributed by atoms with Crippen LogP contribution >= 0.6 is 0 Å². The standard InChI is InChI=1S/C14H16N6O2S/c1-23(21,22)11-4-2-3-9(7-11)12-6-5-10(8-17-12)14(16)18-13(15)19-20-14/h2-8,20H,16H2,1H3,(H3,15,18,19). The van der Waals surface area contributed by atoms with E-state index in [1.807, 2.05) is 0 Å². The van der Waals surface area contributed by atoms with Gasteiger partial charge in [0.05, 0.1) is 10.6 Å². The van der Waals surface area contributed by atoms with Gasteiger partial charge in [-0.05, 0) is 18.2 Å². The third-order valence-electron chi connectivity index (χ3n) is 3.44. The van der Waals surface area contributed by atoms with Gasteiger partial charge in [0.25, 0.3) is 0 Å². The second-order valence-electron chi connectivity index (χ2n) is 5.25. The highest BCUT2D eigenvalue weighted by Crippen LogP contribution is 2.23. The van der Waals surface area contributed by atoms with Crippen molar-refractivity contribution >= 4 is 15.8 Å². The van der Waals surface area contributed by atoms with Crippen molar-refractivity contribution in [1.82, 2.24) is 15.8 Å². The lowest BCUT2D eigenvalue weighted by atomic mass is 10.1. The van der Waals surface area contributed by atoms with Crippen molar-refractivity contribution in [2.45, 2.75) is 10.7 Å². The summed E-state index contributed by atoms with van der Waals surface area (Å²) in [5.41, 5.74) is 19.0. The molecule has 0 aliphatic carbocycles. The van der Waals surface area contributed by atoms with Gasteiger partial charge < -0.3 is 5.73 Å². The average Bonchev–Trinajstić information content (AvgIpc) is 2.87. The molecule has 9 heteroatoms. The highest BCUT2D eigenvalue weighted by Gasteiger charge is 2.31. The smallest absolute Gasteiger partial charge is 0.210 e. The van der Waals surface area contributed by atoms with Crippen LogP contribution in [0.3, 0.4) is 0 Å². The monoisotopic (exact) mass is 332 g/mol. The summed E-state index contributed by atoms with van der Waals surface area (Å²) in [6.07, 6.45) is 2.74. The number of nitrogens with two attached hydrogens (primary N) is 2. The number of nitrogens with zero attached hydrogens (tertiary/aromatic N) is 2. The Hall–Kier alpha value is -2.49. The molecule has 2 heterocycles. The minimum atomic E-state index is -3.27. The summed E-state index contributed by atoms with van der Waals surface area (Å²) in [7, 11) is -3.27. The van der Waals surface area contributed by atoms with E-state index in [1.54, 1.807) is 42.6 Å². The number of pyridine rings is 1. The van der Waals surface area contributed by atoms with Gasteiger partial charge in [0.1, 0.15) is 0 Å². The van der Waals surface area contributed by atoms with Gasteiger partial charge in [0, 0.05) is 23.6 Å². The van der Waals surface area contributed by atoms with Gasteiger partial charge in [-0.25, -0.2) is 13.4 Å². The Labute approximate surface area is 133 Å². The van der Waals surface area contributed by atoms with Crippen LogP contribution in [0, 0.1) is 0 Å². The van der Waals surface area contributed by atoms with Crippen molar-refractivity contribution in [3.05, 3.63) is 48.2 Å². The number of hydrogen-bond donors (Lipinski definition) is 4. The number of aliphatic imine (C=N–C) groups is 1. The van der Waals surface area contributed by atoms with E-state index >= 15 is 0 Å². The Morgan fingerprint density at radius 3 is 2.57 bits per heavy atom. The average molecular weight is 332 g/mol. The van der Waals surface area contributed by atoms with E-state index < -0.39 is 15.6 Å². The van der Waals surface area contributed by atoms with Gasteiger partial charge >= 0.3 is 0 Å². The highest BCUT2D eigenvalue weighted by atomic mass is 32.2. The SMILES string of the molecule is CS(=O)(=O)c1cccc(-c2ccc(C3(N)N=C(N)NN3)cn2)c1. The largest absolute Gasteiger partial charge is 0.369 e. The van der Waals surface area contributed by atoms with Crippen molar-refractivity contribution in [3.8, 4) is 11.3 Å². The molecule has 0 saturated carbocycles. The van der Waals surface area contributed by atoms with E-state index in [-0.39, 0.29) is 10.9 Å². The van der Waals surface area contributed by atoms with Crippen molar-refractivity contribution in [2.75, 3.05) is 6.26 Å². The molecule has 1 aromatic heterocycles. The Balaban J connectivity index is 1.95. The minimum absolute atomic E-state index is 0.192. The number of benzene rings is 1. The molecule has 0 spiro atoms. The molecule has 120 valence electrons. The minimum Gasteiger partial charge on any atom is -0.369 e.